The molecule has 0 spiro atoms. The van der Waals surface area contributed by atoms with E-state index in [0.29, 0.717) is 37.8 Å². The standard InChI is InChI=1S/C19H32N2O5S/c1-14(2)13-26-12-6-11-20-19(22)18(15(3)4)21-27(23,24)17-9-7-16(25-5)8-10-17/h7-10,14-15,18,21H,6,11-13H2,1-5H3,(H,20,22)/t18-/m0/s1. The van der Waals surface area contributed by atoms with E-state index in [9.17, 15) is 13.2 Å². The van der Waals surface area contributed by atoms with Gasteiger partial charge in [-0.3, -0.25) is 4.79 Å². The van der Waals surface area contributed by atoms with Crippen molar-refractivity contribution in [3.05, 3.63) is 24.3 Å². The number of carbonyl (C=O) groups excluding carboxylic acids is 1. The molecule has 0 bridgehead atoms. The second-order valence-electron chi connectivity index (χ2n) is 7.13. The highest BCUT2D eigenvalue weighted by Gasteiger charge is 2.28. The number of nitrogens with one attached hydrogen (secondary N) is 2. The van der Waals surface area contributed by atoms with Crippen molar-refractivity contribution in [1.82, 2.24) is 10.0 Å². The lowest BCUT2D eigenvalue weighted by Crippen LogP contribution is -2.49. The molecule has 27 heavy (non-hydrogen) atoms. The molecular formula is C19H32N2O5S. The number of hydrogen-bond acceptors (Lipinski definition) is 5. The van der Waals surface area contributed by atoms with Gasteiger partial charge in [-0.2, -0.15) is 4.72 Å². The molecule has 0 saturated carbocycles. The van der Waals surface area contributed by atoms with Gasteiger partial charge in [-0.25, -0.2) is 8.42 Å². The van der Waals surface area contributed by atoms with Crippen LogP contribution < -0.4 is 14.8 Å². The smallest absolute Gasteiger partial charge is 0.241 e. The molecule has 1 rings (SSSR count). The van der Waals surface area contributed by atoms with Crippen LogP contribution >= 0.6 is 0 Å². The molecular weight excluding hydrogens is 368 g/mol. The van der Waals surface area contributed by atoms with Crippen molar-refractivity contribution in [1.29, 1.82) is 0 Å². The third-order valence-corrected chi connectivity index (χ3v) is 5.27. The maximum absolute atomic E-state index is 12.6. The van der Waals surface area contributed by atoms with E-state index in [1.165, 1.54) is 19.2 Å². The first-order valence-electron chi connectivity index (χ1n) is 9.19. The third-order valence-electron chi connectivity index (χ3n) is 3.82. The minimum atomic E-state index is -3.81. The topological polar surface area (TPSA) is 93.7 Å². The van der Waals surface area contributed by atoms with Crippen molar-refractivity contribution in [2.24, 2.45) is 11.8 Å². The molecule has 0 aliphatic heterocycles. The Morgan fingerprint density at radius 1 is 1.11 bits per heavy atom. The molecule has 1 aromatic rings. The first kappa shape index (κ1) is 23.4. The van der Waals surface area contributed by atoms with Crippen LogP contribution in [0.3, 0.4) is 0 Å². The molecule has 0 saturated heterocycles. The minimum absolute atomic E-state index is 0.0869. The normalized spacial score (nSPS) is 13.0. The van der Waals surface area contributed by atoms with Gasteiger partial charge in [0, 0.05) is 19.8 Å². The largest absolute Gasteiger partial charge is 0.497 e. The highest BCUT2D eigenvalue weighted by Crippen LogP contribution is 2.16. The molecule has 0 radical (unpaired) electrons. The second-order valence-corrected chi connectivity index (χ2v) is 8.85. The molecule has 0 aliphatic carbocycles. The van der Waals surface area contributed by atoms with Gasteiger partial charge in [0.25, 0.3) is 0 Å². The summed E-state index contributed by atoms with van der Waals surface area (Å²) in [5.74, 6) is 0.491. The van der Waals surface area contributed by atoms with E-state index in [1.54, 1.807) is 26.0 Å². The number of sulfonamides is 1. The van der Waals surface area contributed by atoms with E-state index < -0.39 is 16.1 Å². The number of methoxy groups -OCH3 is 1. The summed E-state index contributed by atoms with van der Waals surface area (Å²) in [5.41, 5.74) is 0. The number of benzene rings is 1. The Morgan fingerprint density at radius 2 is 1.74 bits per heavy atom. The van der Waals surface area contributed by atoms with Crippen molar-refractivity contribution in [3.63, 3.8) is 0 Å². The molecule has 1 atom stereocenters. The highest BCUT2D eigenvalue weighted by molar-refractivity contribution is 7.89. The van der Waals surface area contributed by atoms with Gasteiger partial charge in [-0.05, 0) is 42.5 Å². The maximum Gasteiger partial charge on any atom is 0.241 e. The summed E-state index contributed by atoms with van der Waals surface area (Å²) in [6, 6.07) is 5.17. The van der Waals surface area contributed by atoms with Crippen LogP contribution in [0, 0.1) is 11.8 Å². The summed E-state index contributed by atoms with van der Waals surface area (Å²) >= 11 is 0. The molecule has 0 unspecified atom stereocenters. The van der Waals surface area contributed by atoms with E-state index in [4.69, 9.17) is 9.47 Å². The van der Waals surface area contributed by atoms with Gasteiger partial charge in [0.2, 0.25) is 15.9 Å². The zero-order chi connectivity index (χ0) is 20.4. The first-order valence-corrected chi connectivity index (χ1v) is 10.7. The van der Waals surface area contributed by atoms with Gasteiger partial charge in [0.1, 0.15) is 11.8 Å². The Hall–Kier alpha value is -1.64. The van der Waals surface area contributed by atoms with Crippen molar-refractivity contribution in [2.75, 3.05) is 26.9 Å². The lowest BCUT2D eigenvalue weighted by molar-refractivity contribution is -0.123. The van der Waals surface area contributed by atoms with E-state index >= 15 is 0 Å². The number of hydrogen-bond donors (Lipinski definition) is 2. The van der Waals surface area contributed by atoms with Crippen molar-refractivity contribution >= 4 is 15.9 Å². The van der Waals surface area contributed by atoms with Gasteiger partial charge >= 0.3 is 0 Å². The lowest BCUT2D eigenvalue weighted by atomic mass is 10.1. The number of ether oxygens (including phenoxy) is 2. The Balaban J connectivity index is 2.62. The van der Waals surface area contributed by atoms with Crippen molar-refractivity contribution in [2.45, 2.75) is 45.1 Å². The second kappa shape index (κ2) is 11.3. The average molecular weight is 401 g/mol. The van der Waals surface area contributed by atoms with Gasteiger partial charge in [0.05, 0.1) is 12.0 Å². The molecule has 2 N–H and O–H groups in total. The van der Waals surface area contributed by atoms with E-state index in [0.717, 1.165) is 0 Å². The molecule has 0 aromatic heterocycles. The molecule has 154 valence electrons. The Kier molecular flexibility index (Phi) is 9.76. The van der Waals surface area contributed by atoms with Crippen LogP contribution in [0.5, 0.6) is 5.75 Å². The van der Waals surface area contributed by atoms with Crippen LogP contribution in [0.1, 0.15) is 34.1 Å². The number of carbonyl (C=O) groups is 1. The van der Waals surface area contributed by atoms with Crippen LogP contribution in [0.4, 0.5) is 0 Å². The molecule has 7 nitrogen and oxygen atoms in total. The minimum Gasteiger partial charge on any atom is -0.497 e. The van der Waals surface area contributed by atoms with Gasteiger partial charge in [0.15, 0.2) is 0 Å². The number of rotatable bonds is 12. The zero-order valence-electron chi connectivity index (χ0n) is 16.8. The zero-order valence-corrected chi connectivity index (χ0v) is 17.6. The van der Waals surface area contributed by atoms with Gasteiger partial charge in [-0.15, -0.1) is 0 Å². The van der Waals surface area contributed by atoms with Crippen molar-refractivity contribution < 1.29 is 22.7 Å². The van der Waals surface area contributed by atoms with Gasteiger partial charge in [-0.1, -0.05) is 27.7 Å². The molecule has 0 heterocycles. The van der Waals surface area contributed by atoms with E-state index in [-0.39, 0.29) is 16.7 Å². The Morgan fingerprint density at radius 3 is 2.26 bits per heavy atom. The quantitative estimate of drug-likeness (QED) is 0.525. The molecule has 1 aromatic carbocycles. The molecule has 1 amide bonds. The summed E-state index contributed by atoms with van der Waals surface area (Å²) in [4.78, 5) is 12.5. The Labute approximate surface area is 162 Å². The van der Waals surface area contributed by atoms with E-state index in [2.05, 4.69) is 23.9 Å². The highest BCUT2D eigenvalue weighted by atomic mass is 32.2. The van der Waals surface area contributed by atoms with Crippen LogP contribution in [0.25, 0.3) is 0 Å². The summed E-state index contributed by atoms with van der Waals surface area (Å²) in [6.45, 7) is 9.42. The predicted octanol–water partition coefficient (Wildman–Crippen LogP) is 2.18. The first-order chi connectivity index (χ1) is 12.7. The van der Waals surface area contributed by atoms with Crippen LogP contribution in [0.2, 0.25) is 0 Å². The van der Waals surface area contributed by atoms with Crippen LogP contribution in [0.15, 0.2) is 29.2 Å². The van der Waals surface area contributed by atoms with E-state index in [1.807, 2.05) is 0 Å². The van der Waals surface area contributed by atoms with Gasteiger partial charge < -0.3 is 14.8 Å². The molecule has 0 fully saturated rings. The maximum atomic E-state index is 12.6. The summed E-state index contributed by atoms with van der Waals surface area (Å²) in [7, 11) is -2.31. The fourth-order valence-electron chi connectivity index (χ4n) is 2.30. The monoisotopic (exact) mass is 400 g/mol. The molecule has 8 heteroatoms. The van der Waals surface area contributed by atoms with Crippen molar-refractivity contribution in [3.8, 4) is 5.75 Å². The lowest BCUT2D eigenvalue weighted by Gasteiger charge is -2.21. The van der Waals surface area contributed by atoms with Crippen LogP contribution in [-0.4, -0.2) is 47.2 Å². The fourth-order valence-corrected chi connectivity index (χ4v) is 3.64. The summed E-state index contributed by atoms with van der Waals surface area (Å²) in [6.07, 6.45) is 0.675. The predicted molar refractivity (Wildman–Crippen MR) is 105 cm³/mol. The average Bonchev–Trinajstić information content (AvgIpc) is 2.62. The SMILES string of the molecule is COc1ccc(S(=O)(=O)N[C@H](C(=O)NCCCOCC(C)C)C(C)C)cc1. The summed E-state index contributed by atoms with van der Waals surface area (Å²) in [5, 5.41) is 2.78. The third kappa shape index (κ3) is 8.28. The Bertz CT molecular complexity index is 672. The summed E-state index contributed by atoms with van der Waals surface area (Å²) < 4.78 is 38.2. The van der Waals surface area contributed by atoms with Crippen LogP contribution in [-0.2, 0) is 19.6 Å². The molecule has 0 aliphatic rings. The fraction of sp³-hybridized carbons (Fsp3) is 0.632. The number of amides is 1.